The fourth-order valence-corrected chi connectivity index (χ4v) is 2.51. The summed E-state index contributed by atoms with van der Waals surface area (Å²) in [5.74, 6) is 1.93. The molecule has 0 saturated heterocycles. The predicted octanol–water partition coefficient (Wildman–Crippen LogP) is 0.672. The Morgan fingerprint density at radius 1 is 1.29 bits per heavy atom. The summed E-state index contributed by atoms with van der Waals surface area (Å²) < 4.78 is 1.59. The zero-order chi connectivity index (χ0) is 14.7. The second kappa shape index (κ2) is 6.04. The van der Waals surface area contributed by atoms with E-state index in [0.717, 1.165) is 25.8 Å². The highest BCUT2D eigenvalue weighted by Gasteiger charge is 2.22. The number of nitrogens with one attached hydrogen (secondary N) is 2. The van der Waals surface area contributed by atoms with E-state index in [4.69, 9.17) is 0 Å². The van der Waals surface area contributed by atoms with E-state index in [1.807, 2.05) is 6.07 Å². The van der Waals surface area contributed by atoms with Crippen LogP contribution >= 0.6 is 0 Å². The van der Waals surface area contributed by atoms with Crippen molar-refractivity contribution in [3.05, 3.63) is 18.5 Å². The minimum absolute atomic E-state index is 0.164. The number of nitrogens with zero attached hydrogens (tertiary/aromatic N) is 5. The van der Waals surface area contributed by atoms with Gasteiger partial charge in [0.25, 0.3) is 5.95 Å². The molecule has 2 aromatic heterocycles. The topological polar surface area (TPSA) is 101 Å². The quantitative estimate of drug-likeness (QED) is 0.743. The lowest BCUT2D eigenvalue weighted by Gasteiger charge is -2.12. The summed E-state index contributed by atoms with van der Waals surface area (Å²) in [5, 5.41) is 19.8. The molecule has 0 radical (unpaired) electrons. The largest absolute Gasteiger partial charge is 0.393 e. The Hall–Kier alpha value is -2.22. The number of anilines is 2. The monoisotopic (exact) mass is 289 g/mol. The highest BCUT2D eigenvalue weighted by atomic mass is 16.3. The van der Waals surface area contributed by atoms with E-state index in [-0.39, 0.29) is 6.10 Å². The molecule has 0 spiro atoms. The summed E-state index contributed by atoms with van der Waals surface area (Å²) in [4.78, 5) is 12.9. The van der Waals surface area contributed by atoms with Crippen molar-refractivity contribution in [3.63, 3.8) is 0 Å². The van der Waals surface area contributed by atoms with Crippen molar-refractivity contribution in [2.45, 2.75) is 25.4 Å². The molecule has 0 bridgehead atoms. The molecule has 2 atom stereocenters. The third-order valence-corrected chi connectivity index (χ3v) is 3.62. The third-order valence-electron chi connectivity index (χ3n) is 3.62. The van der Waals surface area contributed by atoms with E-state index >= 15 is 0 Å². The highest BCUT2D eigenvalue weighted by Crippen LogP contribution is 2.25. The van der Waals surface area contributed by atoms with Gasteiger partial charge in [0.15, 0.2) is 0 Å². The predicted molar refractivity (Wildman–Crippen MR) is 78.3 cm³/mol. The van der Waals surface area contributed by atoms with Gasteiger partial charge in [-0.15, -0.1) is 0 Å². The van der Waals surface area contributed by atoms with Crippen molar-refractivity contribution in [3.8, 4) is 5.95 Å². The maximum Gasteiger partial charge on any atom is 0.257 e. The van der Waals surface area contributed by atoms with Crippen LogP contribution in [0, 0.1) is 5.92 Å². The van der Waals surface area contributed by atoms with Crippen molar-refractivity contribution in [2.24, 2.45) is 5.92 Å². The van der Waals surface area contributed by atoms with E-state index in [1.54, 1.807) is 24.1 Å². The van der Waals surface area contributed by atoms with Gasteiger partial charge in [0.05, 0.1) is 6.10 Å². The van der Waals surface area contributed by atoms with E-state index in [2.05, 4.69) is 30.7 Å². The second-order valence-electron chi connectivity index (χ2n) is 5.20. The van der Waals surface area contributed by atoms with Gasteiger partial charge in [-0.2, -0.15) is 20.1 Å². The minimum Gasteiger partial charge on any atom is -0.393 e. The number of hydrogen-bond acceptors (Lipinski definition) is 7. The van der Waals surface area contributed by atoms with Gasteiger partial charge in [0.1, 0.15) is 0 Å². The number of aliphatic hydroxyl groups excluding tert-OH is 1. The average Bonchev–Trinajstić information content (AvgIpc) is 3.16. The minimum atomic E-state index is -0.164. The summed E-state index contributed by atoms with van der Waals surface area (Å²) >= 11 is 0. The van der Waals surface area contributed by atoms with Crippen molar-refractivity contribution in [2.75, 3.05) is 24.2 Å². The first-order chi connectivity index (χ1) is 10.2. The lowest BCUT2D eigenvalue weighted by Crippen LogP contribution is -2.16. The Morgan fingerprint density at radius 2 is 2.14 bits per heavy atom. The van der Waals surface area contributed by atoms with E-state index < -0.39 is 0 Å². The zero-order valence-electron chi connectivity index (χ0n) is 11.9. The summed E-state index contributed by atoms with van der Waals surface area (Å²) in [7, 11) is 1.76. The molecule has 1 aliphatic rings. The van der Waals surface area contributed by atoms with Gasteiger partial charge >= 0.3 is 0 Å². The normalized spacial score (nSPS) is 21.4. The van der Waals surface area contributed by atoms with Crippen molar-refractivity contribution in [1.29, 1.82) is 0 Å². The third kappa shape index (κ3) is 3.27. The molecule has 8 nitrogen and oxygen atoms in total. The Morgan fingerprint density at radius 3 is 2.81 bits per heavy atom. The van der Waals surface area contributed by atoms with Crippen LogP contribution in [0.1, 0.15) is 19.3 Å². The number of aromatic nitrogens is 5. The first-order valence-electron chi connectivity index (χ1n) is 7.10. The molecule has 1 saturated carbocycles. The standard InChI is InChI=1S/C13H19N7O/c1-14-11-17-12(15-8-9-3-4-10(21)7-9)19-13(18-11)20-6-2-5-16-20/h2,5-6,9-10,21H,3-4,7-8H2,1H3,(H2,14,15,17,18,19). The summed E-state index contributed by atoms with van der Waals surface area (Å²) in [5.41, 5.74) is 0. The molecule has 8 heteroatoms. The molecule has 3 N–H and O–H groups in total. The van der Waals surface area contributed by atoms with Crippen LogP contribution in [0.15, 0.2) is 18.5 Å². The fourth-order valence-electron chi connectivity index (χ4n) is 2.51. The number of aliphatic hydroxyl groups is 1. The van der Waals surface area contributed by atoms with Crippen molar-refractivity contribution in [1.82, 2.24) is 24.7 Å². The van der Waals surface area contributed by atoms with Crippen LogP contribution in [-0.4, -0.2) is 49.5 Å². The molecular weight excluding hydrogens is 270 g/mol. The Balaban J connectivity index is 1.73. The second-order valence-corrected chi connectivity index (χ2v) is 5.20. The molecule has 21 heavy (non-hydrogen) atoms. The van der Waals surface area contributed by atoms with Gasteiger partial charge in [-0.05, 0) is 31.2 Å². The summed E-state index contributed by atoms with van der Waals surface area (Å²) in [6, 6.07) is 1.82. The SMILES string of the molecule is CNc1nc(NCC2CCC(O)C2)nc(-n2cccn2)n1. The van der Waals surface area contributed by atoms with Crippen LogP contribution in [0.2, 0.25) is 0 Å². The Bertz CT molecular complexity index is 586. The molecule has 0 aliphatic heterocycles. The number of hydrogen-bond donors (Lipinski definition) is 3. The van der Waals surface area contributed by atoms with Gasteiger partial charge in [0, 0.05) is 26.0 Å². The Kier molecular flexibility index (Phi) is 3.96. The zero-order valence-corrected chi connectivity index (χ0v) is 11.9. The summed E-state index contributed by atoms with van der Waals surface area (Å²) in [6.45, 7) is 0.753. The first-order valence-corrected chi connectivity index (χ1v) is 7.10. The first kappa shape index (κ1) is 13.7. The van der Waals surface area contributed by atoms with Crippen LogP contribution in [0.3, 0.4) is 0 Å². The molecule has 2 unspecified atom stereocenters. The molecule has 1 aliphatic carbocycles. The molecule has 2 heterocycles. The van der Waals surface area contributed by atoms with Crippen LogP contribution < -0.4 is 10.6 Å². The van der Waals surface area contributed by atoms with Crippen molar-refractivity contribution >= 4 is 11.9 Å². The van der Waals surface area contributed by atoms with E-state index in [9.17, 15) is 5.11 Å². The Labute approximate surface area is 122 Å². The highest BCUT2D eigenvalue weighted by molar-refractivity contribution is 5.37. The van der Waals surface area contributed by atoms with Crippen LogP contribution in [-0.2, 0) is 0 Å². The molecule has 1 fully saturated rings. The smallest absolute Gasteiger partial charge is 0.257 e. The lowest BCUT2D eigenvalue weighted by atomic mass is 10.1. The van der Waals surface area contributed by atoms with E-state index in [1.165, 1.54) is 0 Å². The molecule has 112 valence electrons. The summed E-state index contributed by atoms with van der Waals surface area (Å²) in [6.07, 6.45) is 6.04. The van der Waals surface area contributed by atoms with Gasteiger partial charge < -0.3 is 15.7 Å². The molecule has 2 aromatic rings. The van der Waals surface area contributed by atoms with Gasteiger partial charge in [0.2, 0.25) is 11.9 Å². The molecular formula is C13H19N7O. The maximum atomic E-state index is 9.56. The number of rotatable bonds is 5. The molecule has 3 rings (SSSR count). The van der Waals surface area contributed by atoms with E-state index in [0.29, 0.717) is 23.8 Å². The van der Waals surface area contributed by atoms with Gasteiger partial charge in [-0.1, -0.05) is 0 Å². The van der Waals surface area contributed by atoms with Crippen LogP contribution in [0.4, 0.5) is 11.9 Å². The molecule has 0 aromatic carbocycles. The van der Waals surface area contributed by atoms with Gasteiger partial charge in [-0.3, -0.25) is 0 Å². The average molecular weight is 289 g/mol. The van der Waals surface area contributed by atoms with Crippen molar-refractivity contribution < 1.29 is 5.11 Å². The van der Waals surface area contributed by atoms with Crippen LogP contribution in [0.5, 0.6) is 0 Å². The lowest BCUT2D eigenvalue weighted by molar-refractivity contribution is 0.178. The van der Waals surface area contributed by atoms with Gasteiger partial charge in [-0.25, -0.2) is 4.68 Å². The molecule has 0 amide bonds. The fraction of sp³-hybridized carbons (Fsp3) is 0.538. The maximum absolute atomic E-state index is 9.56. The van der Waals surface area contributed by atoms with Crippen LogP contribution in [0.25, 0.3) is 5.95 Å².